The van der Waals surface area contributed by atoms with Crippen molar-refractivity contribution in [3.63, 3.8) is 0 Å². The van der Waals surface area contributed by atoms with Crippen LogP contribution in [0.3, 0.4) is 0 Å². The summed E-state index contributed by atoms with van der Waals surface area (Å²) in [6.45, 7) is 5.33. The molecular formula is C12H15N3O2. The predicted molar refractivity (Wildman–Crippen MR) is 63.5 cm³/mol. The van der Waals surface area contributed by atoms with Crippen molar-refractivity contribution in [3.05, 3.63) is 22.9 Å². The molecule has 1 heterocycles. The van der Waals surface area contributed by atoms with Gasteiger partial charge in [0.15, 0.2) is 0 Å². The Morgan fingerprint density at radius 1 is 1.59 bits per heavy atom. The zero-order valence-corrected chi connectivity index (χ0v) is 10.4. The molecule has 0 aromatic carbocycles. The van der Waals surface area contributed by atoms with Crippen molar-refractivity contribution in [2.75, 3.05) is 12.4 Å². The van der Waals surface area contributed by atoms with E-state index in [1.165, 1.54) is 7.11 Å². The number of carbonyl (C=O) groups is 1. The van der Waals surface area contributed by atoms with Crippen LogP contribution in [0, 0.1) is 25.2 Å². The van der Waals surface area contributed by atoms with Gasteiger partial charge in [0, 0.05) is 5.69 Å². The Hall–Kier alpha value is -2.09. The van der Waals surface area contributed by atoms with Crippen LogP contribution in [0.4, 0.5) is 5.82 Å². The lowest BCUT2D eigenvalue weighted by Gasteiger charge is -2.14. The standard InChI is InChI=1S/C12H15N3O2/c1-7-5-8(2)14-11(10(7)6-13)15-9(3)12(16)17-4/h5,9H,1-4H3,(H,14,15). The third-order valence-corrected chi connectivity index (χ3v) is 2.36. The molecule has 0 amide bonds. The minimum atomic E-state index is -0.541. The summed E-state index contributed by atoms with van der Waals surface area (Å²) >= 11 is 0. The maximum absolute atomic E-state index is 11.3. The number of hydrogen-bond donors (Lipinski definition) is 1. The van der Waals surface area contributed by atoms with Gasteiger partial charge in [0.05, 0.1) is 12.7 Å². The summed E-state index contributed by atoms with van der Waals surface area (Å²) in [6, 6.07) is 3.36. The zero-order chi connectivity index (χ0) is 13.0. The molecule has 0 spiro atoms. The summed E-state index contributed by atoms with van der Waals surface area (Å²) in [5.41, 5.74) is 2.08. The first-order chi connectivity index (χ1) is 7.99. The van der Waals surface area contributed by atoms with Crippen molar-refractivity contribution in [1.29, 1.82) is 5.26 Å². The molecule has 0 fully saturated rings. The van der Waals surface area contributed by atoms with E-state index in [2.05, 4.69) is 21.1 Å². The predicted octanol–water partition coefficient (Wildman–Crippen LogP) is 1.54. The second-order valence-corrected chi connectivity index (χ2v) is 3.81. The van der Waals surface area contributed by atoms with E-state index in [0.717, 1.165) is 11.3 Å². The Labute approximate surface area is 100 Å². The SMILES string of the molecule is COC(=O)C(C)Nc1nc(C)cc(C)c1C#N. The molecular weight excluding hydrogens is 218 g/mol. The number of ether oxygens (including phenoxy) is 1. The van der Waals surface area contributed by atoms with Crippen LogP contribution in [0.25, 0.3) is 0 Å². The number of anilines is 1. The van der Waals surface area contributed by atoms with Gasteiger partial charge in [0.2, 0.25) is 0 Å². The smallest absolute Gasteiger partial charge is 0.328 e. The molecule has 5 nitrogen and oxygen atoms in total. The summed E-state index contributed by atoms with van der Waals surface area (Å²) in [4.78, 5) is 15.5. The second-order valence-electron chi connectivity index (χ2n) is 3.81. The molecule has 1 atom stereocenters. The van der Waals surface area contributed by atoms with Crippen LogP contribution in [0.5, 0.6) is 0 Å². The summed E-state index contributed by atoms with van der Waals surface area (Å²) in [7, 11) is 1.32. The fourth-order valence-corrected chi connectivity index (χ4v) is 1.52. The molecule has 1 aromatic rings. The average molecular weight is 233 g/mol. The van der Waals surface area contributed by atoms with Crippen LogP contribution in [0.1, 0.15) is 23.7 Å². The van der Waals surface area contributed by atoms with E-state index in [1.807, 2.05) is 19.9 Å². The first-order valence-electron chi connectivity index (χ1n) is 5.22. The van der Waals surface area contributed by atoms with E-state index in [1.54, 1.807) is 6.92 Å². The molecule has 0 aliphatic carbocycles. The number of methoxy groups -OCH3 is 1. The number of nitrogens with zero attached hydrogens (tertiary/aromatic N) is 2. The quantitative estimate of drug-likeness (QED) is 0.801. The molecule has 17 heavy (non-hydrogen) atoms. The molecule has 0 radical (unpaired) electrons. The van der Waals surface area contributed by atoms with E-state index in [-0.39, 0.29) is 0 Å². The number of aryl methyl sites for hydroxylation is 2. The van der Waals surface area contributed by atoms with Crippen molar-refractivity contribution < 1.29 is 9.53 Å². The molecule has 0 aliphatic rings. The maximum atomic E-state index is 11.3. The summed E-state index contributed by atoms with van der Waals surface area (Å²) < 4.78 is 4.61. The molecule has 1 N–H and O–H groups in total. The lowest BCUT2D eigenvalue weighted by molar-refractivity contribution is -0.141. The van der Waals surface area contributed by atoms with Crippen LogP contribution >= 0.6 is 0 Å². The number of nitrogens with one attached hydrogen (secondary N) is 1. The molecule has 1 rings (SSSR count). The van der Waals surface area contributed by atoms with Gasteiger partial charge < -0.3 is 10.1 Å². The third-order valence-electron chi connectivity index (χ3n) is 2.36. The van der Waals surface area contributed by atoms with Crippen LogP contribution in [0.15, 0.2) is 6.07 Å². The number of hydrogen-bond acceptors (Lipinski definition) is 5. The summed E-state index contributed by atoms with van der Waals surface area (Å²) in [5, 5.41) is 11.9. The van der Waals surface area contributed by atoms with Crippen LogP contribution in [-0.4, -0.2) is 24.1 Å². The number of aromatic nitrogens is 1. The number of pyridine rings is 1. The Morgan fingerprint density at radius 3 is 2.76 bits per heavy atom. The Kier molecular flexibility index (Phi) is 4.05. The van der Waals surface area contributed by atoms with Crippen LogP contribution < -0.4 is 5.32 Å². The highest BCUT2D eigenvalue weighted by Crippen LogP contribution is 2.18. The summed E-state index contributed by atoms with van der Waals surface area (Å²) in [5.74, 6) is 0.0257. The van der Waals surface area contributed by atoms with Gasteiger partial charge in [0.1, 0.15) is 17.9 Å². The van der Waals surface area contributed by atoms with E-state index in [4.69, 9.17) is 5.26 Å². The highest BCUT2D eigenvalue weighted by molar-refractivity contribution is 5.79. The zero-order valence-electron chi connectivity index (χ0n) is 10.4. The molecule has 1 aromatic heterocycles. The topological polar surface area (TPSA) is 75.0 Å². The molecule has 5 heteroatoms. The van der Waals surface area contributed by atoms with Gasteiger partial charge >= 0.3 is 5.97 Å². The number of rotatable bonds is 3. The minimum Gasteiger partial charge on any atom is -0.467 e. The van der Waals surface area contributed by atoms with Gasteiger partial charge in [-0.25, -0.2) is 9.78 Å². The van der Waals surface area contributed by atoms with Crippen molar-refractivity contribution in [3.8, 4) is 6.07 Å². The van der Waals surface area contributed by atoms with Gasteiger partial charge in [-0.1, -0.05) is 0 Å². The highest BCUT2D eigenvalue weighted by atomic mass is 16.5. The lowest BCUT2D eigenvalue weighted by atomic mass is 10.1. The maximum Gasteiger partial charge on any atom is 0.328 e. The number of carbonyl (C=O) groups excluding carboxylic acids is 1. The van der Waals surface area contributed by atoms with Gasteiger partial charge in [-0.2, -0.15) is 5.26 Å². The van der Waals surface area contributed by atoms with Crippen molar-refractivity contribution >= 4 is 11.8 Å². The first kappa shape index (κ1) is 13.0. The Morgan fingerprint density at radius 2 is 2.24 bits per heavy atom. The largest absolute Gasteiger partial charge is 0.467 e. The summed E-state index contributed by atoms with van der Waals surface area (Å²) in [6.07, 6.45) is 0. The monoisotopic (exact) mass is 233 g/mol. The van der Waals surface area contributed by atoms with Crippen LogP contribution in [-0.2, 0) is 9.53 Å². The molecule has 90 valence electrons. The normalized spacial score (nSPS) is 11.5. The highest BCUT2D eigenvalue weighted by Gasteiger charge is 2.16. The molecule has 0 saturated carbocycles. The van der Waals surface area contributed by atoms with E-state index in [9.17, 15) is 4.79 Å². The van der Waals surface area contributed by atoms with Crippen molar-refractivity contribution in [1.82, 2.24) is 4.98 Å². The van der Waals surface area contributed by atoms with Crippen molar-refractivity contribution in [2.45, 2.75) is 26.8 Å². The van der Waals surface area contributed by atoms with Gasteiger partial charge in [-0.05, 0) is 32.4 Å². The molecule has 0 saturated heterocycles. The van der Waals surface area contributed by atoms with E-state index < -0.39 is 12.0 Å². The van der Waals surface area contributed by atoms with Gasteiger partial charge in [-0.15, -0.1) is 0 Å². The first-order valence-corrected chi connectivity index (χ1v) is 5.22. The number of esters is 1. The fraction of sp³-hybridized carbons (Fsp3) is 0.417. The Bertz CT molecular complexity index is 477. The van der Waals surface area contributed by atoms with E-state index >= 15 is 0 Å². The minimum absolute atomic E-state index is 0.394. The van der Waals surface area contributed by atoms with Gasteiger partial charge in [-0.3, -0.25) is 0 Å². The van der Waals surface area contributed by atoms with E-state index in [0.29, 0.717) is 11.4 Å². The molecule has 0 aliphatic heterocycles. The Balaban J connectivity index is 3.06. The molecule has 0 bridgehead atoms. The van der Waals surface area contributed by atoms with Gasteiger partial charge in [0.25, 0.3) is 0 Å². The lowest BCUT2D eigenvalue weighted by Crippen LogP contribution is -2.28. The fourth-order valence-electron chi connectivity index (χ4n) is 1.52. The van der Waals surface area contributed by atoms with Crippen molar-refractivity contribution in [2.24, 2.45) is 0 Å². The number of nitriles is 1. The second kappa shape index (κ2) is 5.30. The average Bonchev–Trinajstić information content (AvgIpc) is 2.27. The van der Waals surface area contributed by atoms with Crippen LogP contribution in [0.2, 0.25) is 0 Å². The molecule has 1 unspecified atom stereocenters. The third kappa shape index (κ3) is 2.94.